The first kappa shape index (κ1) is 14.9. The van der Waals surface area contributed by atoms with E-state index in [4.69, 9.17) is 4.74 Å². The van der Waals surface area contributed by atoms with Gasteiger partial charge in [0, 0.05) is 6.26 Å². The van der Waals surface area contributed by atoms with Crippen molar-refractivity contribution in [1.29, 1.82) is 0 Å². The van der Waals surface area contributed by atoms with Crippen LogP contribution in [0, 0.1) is 0 Å². The summed E-state index contributed by atoms with van der Waals surface area (Å²) < 4.78 is 32.9. The summed E-state index contributed by atoms with van der Waals surface area (Å²) in [5, 5.41) is 0. The summed E-state index contributed by atoms with van der Waals surface area (Å²) in [4.78, 5) is 19.2. The van der Waals surface area contributed by atoms with Crippen LogP contribution in [0.5, 0.6) is 11.6 Å². The molecule has 2 aromatic rings. The number of ether oxygens (including phenoxy) is 2. The predicted molar refractivity (Wildman–Crippen MR) is 73.0 cm³/mol. The van der Waals surface area contributed by atoms with E-state index in [9.17, 15) is 13.2 Å². The van der Waals surface area contributed by atoms with E-state index >= 15 is 0 Å². The number of sulfone groups is 1. The summed E-state index contributed by atoms with van der Waals surface area (Å²) >= 11 is 0. The Bertz CT molecular complexity index is 774. The molecule has 1 aromatic heterocycles. The van der Waals surface area contributed by atoms with Gasteiger partial charge in [-0.1, -0.05) is 6.07 Å². The summed E-state index contributed by atoms with van der Waals surface area (Å²) in [5.74, 6) is -0.310. The fourth-order valence-electron chi connectivity index (χ4n) is 1.49. The molecule has 0 N–H and O–H groups in total. The second-order valence-electron chi connectivity index (χ2n) is 4.08. The summed E-state index contributed by atoms with van der Waals surface area (Å²) in [6.07, 6.45) is 3.65. The van der Waals surface area contributed by atoms with Crippen molar-refractivity contribution in [3.63, 3.8) is 0 Å². The van der Waals surface area contributed by atoms with Gasteiger partial charge in [-0.15, -0.1) is 0 Å². The van der Waals surface area contributed by atoms with Crippen molar-refractivity contribution in [1.82, 2.24) is 9.97 Å². The van der Waals surface area contributed by atoms with Crippen molar-refractivity contribution in [2.24, 2.45) is 0 Å². The van der Waals surface area contributed by atoms with Crippen LogP contribution in [-0.2, 0) is 14.6 Å². The van der Waals surface area contributed by atoms with E-state index in [1.54, 1.807) is 12.1 Å². The number of hydrogen-bond acceptors (Lipinski definition) is 7. The first-order chi connectivity index (χ1) is 9.90. The van der Waals surface area contributed by atoms with E-state index in [1.165, 1.54) is 31.6 Å². The number of carbonyl (C=O) groups excluding carboxylic acids is 1. The van der Waals surface area contributed by atoms with Gasteiger partial charge in [0.1, 0.15) is 5.75 Å². The smallest absolute Gasteiger partial charge is 0.358 e. The lowest BCUT2D eigenvalue weighted by atomic mass is 10.3. The van der Waals surface area contributed by atoms with Crippen molar-refractivity contribution in [3.05, 3.63) is 42.4 Å². The van der Waals surface area contributed by atoms with Crippen molar-refractivity contribution in [3.8, 4) is 11.6 Å². The molecule has 0 aliphatic carbocycles. The summed E-state index contributed by atoms with van der Waals surface area (Å²) in [7, 11) is -2.10. The number of rotatable bonds is 4. The number of carbonyl (C=O) groups is 1. The average Bonchev–Trinajstić information content (AvgIpc) is 2.46. The minimum absolute atomic E-state index is 0.00531. The highest BCUT2D eigenvalue weighted by Crippen LogP contribution is 2.22. The Kier molecular flexibility index (Phi) is 4.18. The molecular weight excluding hydrogens is 296 g/mol. The van der Waals surface area contributed by atoms with Crippen LogP contribution >= 0.6 is 0 Å². The molecule has 0 unspecified atom stereocenters. The highest BCUT2D eigenvalue weighted by molar-refractivity contribution is 7.90. The zero-order valence-electron chi connectivity index (χ0n) is 11.3. The molecule has 0 radical (unpaired) electrons. The monoisotopic (exact) mass is 308 g/mol. The third-order valence-electron chi connectivity index (χ3n) is 2.46. The van der Waals surface area contributed by atoms with Gasteiger partial charge in [-0.3, -0.25) is 4.98 Å². The van der Waals surface area contributed by atoms with E-state index in [-0.39, 0.29) is 22.2 Å². The maximum atomic E-state index is 11.5. The van der Waals surface area contributed by atoms with Crippen molar-refractivity contribution in [2.75, 3.05) is 13.4 Å². The Hall–Kier alpha value is -2.48. The maximum Gasteiger partial charge on any atom is 0.358 e. The van der Waals surface area contributed by atoms with E-state index < -0.39 is 15.8 Å². The molecular formula is C13H12N2O5S. The molecule has 1 heterocycles. The Balaban J connectivity index is 2.28. The van der Waals surface area contributed by atoms with Gasteiger partial charge in [0.05, 0.1) is 24.4 Å². The van der Waals surface area contributed by atoms with Gasteiger partial charge in [0.2, 0.25) is 5.88 Å². The van der Waals surface area contributed by atoms with Crippen LogP contribution in [0.3, 0.4) is 0 Å². The number of hydrogen-bond donors (Lipinski definition) is 0. The summed E-state index contributed by atoms with van der Waals surface area (Å²) in [6, 6.07) is 5.94. The van der Waals surface area contributed by atoms with Gasteiger partial charge in [-0.25, -0.2) is 18.2 Å². The number of aromatic nitrogens is 2. The average molecular weight is 308 g/mol. The molecule has 1 aromatic carbocycles. The molecule has 0 aliphatic rings. The zero-order valence-corrected chi connectivity index (χ0v) is 12.1. The van der Waals surface area contributed by atoms with Crippen molar-refractivity contribution < 1.29 is 22.7 Å². The molecule has 0 saturated heterocycles. The third kappa shape index (κ3) is 3.76. The van der Waals surface area contributed by atoms with Gasteiger partial charge < -0.3 is 9.47 Å². The molecule has 0 aliphatic heterocycles. The summed E-state index contributed by atoms with van der Waals surface area (Å²) in [6.45, 7) is 0. The molecule has 0 amide bonds. The fourth-order valence-corrected chi connectivity index (χ4v) is 2.15. The Morgan fingerprint density at radius 1 is 1.24 bits per heavy atom. The molecule has 0 bridgehead atoms. The van der Waals surface area contributed by atoms with E-state index in [1.807, 2.05) is 0 Å². The molecule has 0 fully saturated rings. The van der Waals surface area contributed by atoms with Crippen LogP contribution in [0.4, 0.5) is 0 Å². The standard InChI is InChI=1S/C13H12N2O5S/c1-19-13(16)11-7-14-8-12(15-11)20-9-4-3-5-10(6-9)21(2,17)18/h3-8H,1-2H3. The first-order valence-electron chi connectivity index (χ1n) is 5.78. The van der Waals surface area contributed by atoms with E-state index in [2.05, 4.69) is 14.7 Å². The van der Waals surface area contributed by atoms with Gasteiger partial charge in [-0.05, 0) is 18.2 Å². The molecule has 110 valence electrons. The highest BCUT2D eigenvalue weighted by atomic mass is 32.2. The Labute approximate surface area is 121 Å². The van der Waals surface area contributed by atoms with Gasteiger partial charge >= 0.3 is 5.97 Å². The lowest BCUT2D eigenvalue weighted by molar-refractivity contribution is 0.0592. The maximum absolute atomic E-state index is 11.5. The fraction of sp³-hybridized carbons (Fsp3) is 0.154. The normalized spacial score (nSPS) is 11.0. The number of nitrogens with zero attached hydrogens (tertiary/aromatic N) is 2. The summed E-state index contributed by atoms with van der Waals surface area (Å²) in [5.41, 5.74) is -0.00531. The lowest BCUT2D eigenvalue weighted by Gasteiger charge is -2.06. The minimum atomic E-state index is -3.33. The van der Waals surface area contributed by atoms with Crippen LogP contribution in [-0.4, -0.2) is 37.7 Å². The SMILES string of the molecule is COC(=O)c1cncc(Oc2cccc(S(C)(=O)=O)c2)n1. The molecule has 0 saturated carbocycles. The van der Waals surface area contributed by atoms with Crippen LogP contribution in [0.2, 0.25) is 0 Å². The van der Waals surface area contributed by atoms with E-state index in [0.29, 0.717) is 0 Å². The highest BCUT2D eigenvalue weighted by Gasteiger charge is 2.11. The van der Waals surface area contributed by atoms with Crippen LogP contribution in [0.15, 0.2) is 41.6 Å². The second kappa shape index (κ2) is 5.88. The van der Waals surface area contributed by atoms with Crippen LogP contribution in [0.1, 0.15) is 10.5 Å². The largest absolute Gasteiger partial charge is 0.464 e. The van der Waals surface area contributed by atoms with Gasteiger partial charge in [0.25, 0.3) is 0 Å². The third-order valence-corrected chi connectivity index (χ3v) is 3.57. The number of methoxy groups -OCH3 is 1. The van der Waals surface area contributed by atoms with Gasteiger partial charge in [0.15, 0.2) is 15.5 Å². The molecule has 0 atom stereocenters. The second-order valence-corrected chi connectivity index (χ2v) is 6.10. The molecule has 0 spiro atoms. The van der Waals surface area contributed by atoms with Crippen molar-refractivity contribution >= 4 is 15.8 Å². The Morgan fingerprint density at radius 3 is 2.67 bits per heavy atom. The quantitative estimate of drug-likeness (QED) is 0.789. The molecule has 2 rings (SSSR count). The molecule has 21 heavy (non-hydrogen) atoms. The van der Waals surface area contributed by atoms with E-state index in [0.717, 1.165) is 6.26 Å². The predicted octanol–water partition coefficient (Wildman–Crippen LogP) is 1.46. The zero-order chi connectivity index (χ0) is 15.5. The first-order valence-corrected chi connectivity index (χ1v) is 7.67. The Morgan fingerprint density at radius 2 is 2.00 bits per heavy atom. The number of benzene rings is 1. The molecule has 7 nitrogen and oxygen atoms in total. The molecule has 8 heteroatoms. The topological polar surface area (TPSA) is 95.5 Å². The van der Waals surface area contributed by atoms with Gasteiger partial charge in [-0.2, -0.15) is 0 Å². The lowest BCUT2D eigenvalue weighted by Crippen LogP contribution is -2.05. The minimum Gasteiger partial charge on any atom is -0.464 e. The number of esters is 1. The van der Waals surface area contributed by atoms with Crippen LogP contribution < -0.4 is 4.74 Å². The van der Waals surface area contributed by atoms with Crippen molar-refractivity contribution in [2.45, 2.75) is 4.90 Å². The van der Waals surface area contributed by atoms with Crippen LogP contribution in [0.25, 0.3) is 0 Å².